The molecule has 4 heteroatoms. The van der Waals surface area contributed by atoms with E-state index in [9.17, 15) is 0 Å². The zero-order chi connectivity index (χ0) is 20.7. The lowest BCUT2D eigenvalue weighted by Crippen LogP contribution is -2.10. The summed E-state index contributed by atoms with van der Waals surface area (Å²) in [5.74, 6) is 1.38. The zero-order valence-electron chi connectivity index (χ0n) is 19.4. The maximum absolute atomic E-state index is 6.01. The van der Waals surface area contributed by atoms with Crippen LogP contribution in [0, 0.1) is 0 Å². The molecule has 0 aliphatic rings. The Balaban J connectivity index is 4.36. The molecule has 28 heavy (non-hydrogen) atoms. The van der Waals surface area contributed by atoms with Crippen LogP contribution in [0.5, 0.6) is 0 Å². The molecule has 0 aromatic carbocycles. The summed E-state index contributed by atoms with van der Waals surface area (Å²) in [6.07, 6.45) is 16.3. The molecule has 0 N–H and O–H groups in total. The predicted octanol–water partition coefficient (Wildman–Crippen LogP) is 7.72. The molecule has 0 rings (SSSR count). The first kappa shape index (κ1) is 27.1. The van der Waals surface area contributed by atoms with E-state index in [-0.39, 0.29) is 6.79 Å². The van der Waals surface area contributed by atoms with Crippen LogP contribution in [-0.4, -0.2) is 26.6 Å². The Morgan fingerprint density at radius 1 is 0.500 bits per heavy atom. The first-order valence-corrected chi connectivity index (χ1v) is 12.0. The fraction of sp³-hybridized carbons (Fsp3) is 0.917. The number of allylic oxidation sites excluding steroid dienone is 1. The van der Waals surface area contributed by atoms with Crippen LogP contribution in [0.3, 0.4) is 0 Å². The minimum atomic E-state index is 0.240. The Kier molecular flexibility index (Phi) is 21.7. The van der Waals surface area contributed by atoms with Gasteiger partial charge in [-0.05, 0) is 25.7 Å². The summed E-state index contributed by atoms with van der Waals surface area (Å²) >= 11 is 0. The first-order chi connectivity index (χ1) is 13.8. The molecular formula is C24H48O4. The van der Waals surface area contributed by atoms with Crippen molar-refractivity contribution in [2.24, 2.45) is 0 Å². The normalized spacial score (nSPS) is 12.0. The fourth-order valence-corrected chi connectivity index (χ4v) is 2.87. The highest BCUT2D eigenvalue weighted by Crippen LogP contribution is 2.17. The molecule has 0 saturated carbocycles. The second kappa shape index (κ2) is 22.4. The highest BCUT2D eigenvalue weighted by atomic mass is 16.7. The van der Waals surface area contributed by atoms with Crippen molar-refractivity contribution < 1.29 is 18.9 Å². The van der Waals surface area contributed by atoms with Gasteiger partial charge in [0.05, 0.1) is 19.8 Å². The lowest BCUT2D eigenvalue weighted by molar-refractivity contribution is -0.0845. The summed E-state index contributed by atoms with van der Waals surface area (Å²) in [5, 5.41) is 0. The molecule has 0 aromatic heterocycles. The van der Waals surface area contributed by atoms with Gasteiger partial charge in [0.25, 0.3) is 0 Å². The number of hydrogen-bond acceptors (Lipinski definition) is 4. The number of ether oxygens (including phenoxy) is 4. The summed E-state index contributed by atoms with van der Waals surface area (Å²) in [5.41, 5.74) is 0. The quantitative estimate of drug-likeness (QED) is 0.106. The largest absolute Gasteiger partial charge is 0.491 e. The van der Waals surface area contributed by atoms with E-state index in [1.165, 1.54) is 57.8 Å². The van der Waals surface area contributed by atoms with Gasteiger partial charge in [0, 0.05) is 6.42 Å². The molecular weight excluding hydrogens is 352 g/mol. The van der Waals surface area contributed by atoms with Crippen molar-refractivity contribution in [2.75, 3.05) is 26.6 Å². The maximum atomic E-state index is 6.01. The van der Waals surface area contributed by atoms with Crippen LogP contribution >= 0.6 is 0 Å². The molecule has 0 aliphatic carbocycles. The number of rotatable bonds is 22. The molecule has 0 spiro atoms. The summed E-state index contributed by atoms with van der Waals surface area (Å²) in [6.45, 7) is 11.2. The van der Waals surface area contributed by atoms with Crippen molar-refractivity contribution in [3.05, 3.63) is 11.7 Å². The molecule has 168 valence electrons. The fourth-order valence-electron chi connectivity index (χ4n) is 2.87. The van der Waals surface area contributed by atoms with E-state index < -0.39 is 0 Å². The van der Waals surface area contributed by atoms with Gasteiger partial charge >= 0.3 is 5.95 Å². The zero-order valence-corrected chi connectivity index (χ0v) is 19.4. The molecule has 0 atom stereocenters. The van der Waals surface area contributed by atoms with Gasteiger partial charge < -0.3 is 18.9 Å². The highest BCUT2D eigenvalue weighted by molar-refractivity contribution is 4.95. The lowest BCUT2D eigenvalue weighted by Gasteiger charge is -2.17. The average molecular weight is 401 g/mol. The standard InChI is InChI=1S/C24H48O4/c1-5-9-12-13-14-17-19-25-22-28-24(27-21-16-11-7-3)23(18-8-4)26-20-15-10-6-2/h5-22H2,1-4H3. The van der Waals surface area contributed by atoms with Crippen molar-refractivity contribution in [3.8, 4) is 0 Å². The summed E-state index contributed by atoms with van der Waals surface area (Å²) < 4.78 is 23.5. The average Bonchev–Trinajstić information content (AvgIpc) is 2.70. The Hall–Kier alpha value is -0.900. The van der Waals surface area contributed by atoms with Gasteiger partial charge in [-0.3, -0.25) is 0 Å². The van der Waals surface area contributed by atoms with Crippen molar-refractivity contribution in [1.29, 1.82) is 0 Å². The van der Waals surface area contributed by atoms with E-state index in [0.717, 1.165) is 51.1 Å². The Bertz CT molecular complexity index is 341. The van der Waals surface area contributed by atoms with Crippen molar-refractivity contribution in [1.82, 2.24) is 0 Å². The van der Waals surface area contributed by atoms with Crippen LogP contribution in [0.2, 0.25) is 0 Å². The monoisotopic (exact) mass is 400 g/mol. The van der Waals surface area contributed by atoms with E-state index in [1.807, 2.05) is 0 Å². The van der Waals surface area contributed by atoms with E-state index >= 15 is 0 Å². The van der Waals surface area contributed by atoms with E-state index in [1.54, 1.807) is 0 Å². The second-order valence-electron chi connectivity index (χ2n) is 7.51. The molecule has 0 amide bonds. The van der Waals surface area contributed by atoms with E-state index in [2.05, 4.69) is 27.7 Å². The minimum Gasteiger partial charge on any atom is -0.491 e. The molecule has 0 unspecified atom stereocenters. The van der Waals surface area contributed by atoms with Gasteiger partial charge in [-0.15, -0.1) is 0 Å². The van der Waals surface area contributed by atoms with Crippen LogP contribution < -0.4 is 0 Å². The Morgan fingerprint density at radius 2 is 1.04 bits per heavy atom. The SMILES string of the molecule is CCCCCCCCOCOC(OCCCCC)=C(CCC)OCCCCC. The molecule has 0 fully saturated rings. The minimum absolute atomic E-state index is 0.240. The van der Waals surface area contributed by atoms with Crippen molar-refractivity contribution in [2.45, 2.75) is 118 Å². The van der Waals surface area contributed by atoms with Gasteiger partial charge in [-0.2, -0.15) is 0 Å². The molecule has 0 radical (unpaired) electrons. The molecule has 0 aromatic rings. The molecule has 0 aliphatic heterocycles. The molecule has 0 heterocycles. The second-order valence-corrected chi connectivity index (χ2v) is 7.51. The van der Waals surface area contributed by atoms with Crippen LogP contribution in [0.15, 0.2) is 11.7 Å². The van der Waals surface area contributed by atoms with E-state index in [4.69, 9.17) is 18.9 Å². The predicted molar refractivity (Wildman–Crippen MR) is 118 cm³/mol. The van der Waals surface area contributed by atoms with Crippen molar-refractivity contribution >= 4 is 0 Å². The maximum Gasteiger partial charge on any atom is 0.321 e. The molecule has 4 nitrogen and oxygen atoms in total. The summed E-state index contributed by atoms with van der Waals surface area (Å²) in [7, 11) is 0. The van der Waals surface area contributed by atoms with Crippen LogP contribution in [0.25, 0.3) is 0 Å². The third-order valence-electron chi connectivity index (χ3n) is 4.63. The van der Waals surface area contributed by atoms with Crippen LogP contribution in [0.4, 0.5) is 0 Å². The third-order valence-corrected chi connectivity index (χ3v) is 4.63. The van der Waals surface area contributed by atoms with Gasteiger partial charge in [-0.25, -0.2) is 0 Å². The Morgan fingerprint density at radius 3 is 1.68 bits per heavy atom. The van der Waals surface area contributed by atoms with Crippen LogP contribution in [-0.2, 0) is 18.9 Å². The summed E-state index contributed by atoms with van der Waals surface area (Å²) in [4.78, 5) is 0. The third kappa shape index (κ3) is 17.2. The smallest absolute Gasteiger partial charge is 0.321 e. The first-order valence-electron chi connectivity index (χ1n) is 12.0. The van der Waals surface area contributed by atoms with Crippen molar-refractivity contribution in [3.63, 3.8) is 0 Å². The van der Waals surface area contributed by atoms with E-state index in [0.29, 0.717) is 12.6 Å². The summed E-state index contributed by atoms with van der Waals surface area (Å²) in [6, 6.07) is 0. The number of hydrogen-bond donors (Lipinski definition) is 0. The lowest BCUT2D eigenvalue weighted by atomic mass is 10.1. The van der Waals surface area contributed by atoms with Gasteiger partial charge in [0.15, 0.2) is 12.6 Å². The van der Waals surface area contributed by atoms with Gasteiger partial charge in [0.1, 0.15) is 0 Å². The Labute approximate surface area is 175 Å². The molecule has 0 saturated heterocycles. The highest BCUT2D eigenvalue weighted by Gasteiger charge is 2.12. The van der Waals surface area contributed by atoms with Gasteiger partial charge in [0.2, 0.25) is 0 Å². The molecule has 0 bridgehead atoms. The topological polar surface area (TPSA) is 36.9 Å². The van der Waals surface area contributed by atoms with Gasteiger partial charge in [-0.1, -0.05) is 85.5 Å². The number of unbranched alkanes of at least 4 members (excludes halogenated alkanes) is 9. The van der Waals surface area contributed by atoms with Crippen LogP contribution in [0.1, 0.15) is 118 Å².